The van der Waals surface area contributed by atoms with Crippen LogP contribution in [0.4, 0.5) is 11.6 Å². The van der Waals surface area contributed by atoms with Crippen molar-refractivity contribution in [1.82, 2.24) is 9.97 Å². The number of primary amides is 1. The molecule has 124 valence electrons. The van der Waals surface area contributed by atoms with Crippen molar-refractivity contribution in [1.29, 1.82) is 0 Å². The lowest BCUT2D eigenvalue weighted by molar-refractivity contribution is 0.0690. The number of hydrogen-bond acceptors (Lipinski definition) is 6. The van der Waals surface area contributed by atoms with E-state index >= 15 is 0 Å². The fourth-order valence-electron chi connectivity index (χ4n) is 2.60. The molecule has 1 saturated heterocycles. The second kappa shape index (κ2) is 6.53. The van der Waals surface area contributed by atoms with Gasteiger partial charge < -0.3 is 20.6 Å². The van der Waals surface area contributed by atoms with Crippen LogP contribution in [0.5, 0.6) is 0 Å². The summed E-state index contributed by atoms with van der Waals surface area (Å²) in [5, 5.41) is 9.03. The Hall–Kier alpha value is -3.16. The molecule has 3 rings (SSSR count). The van der Waals surface area contributed by atoms with Gasteiger partial charge in [-0.15, -0.1) is 0 Å². The maximum atomic E-state index is 11.1. The summed E-state index contributed by atoms with van der Waals surface area (Å²) in [5.74, 6) is -0.0871. The fourth-order valence-corrected chi connectivity index (χ4v) is 2.60. The second-order valence-corrected chi connectivity index (χ2v) is 5.43. The van der Waals surface area contributed by atoms with Crippen molar-refractivity contribution in [3.63, 3.8) is 0 Å². The first-order valence-electron chi connectivity index (χ1n) is 7.51. The van der Waals surface area contributed by atoms with Crippen molar-refractivity contribution in [3.05, 3.63) is 47.8 Å². The van der Waals surface area contributed by atoms with Gasteiger partial charge in [-0.05, 0) is 24.3 Å². The van der Waals surface area contributed by atoms with Crippen LogP contribution in [-0.4, -0.2) is 53.1 Å². The standard InChI is InChI=1S/C16H17N5O3/c17-15(22)11-4-5-13(18-10-11)20-6-8-21(9-7-20)14-3-1-2-12(19-14)16(23)24/h1-5,10H,6-9H2,(H2,17,22)(H,23,24). The maximum absolute atomic E-state index is 11.1. The highest BCUT2D eigenvalue weighted by Gasteiger charge is 2.20. The zero-order valence-electron chi connectivity index (χ0n) is 12.9. The van der Waals surface area contributed by atoms with Gasteiger partial charge in [0, 0.05) is 32.4 Å². The summed E-state index contributed by atoms with van der Waals surface area (Å²) < 4.78 is 0. The Morgan fingerprint density at radius 1 is 1.00 bits per heavy atom. The molecule has 24 heavy (non-hydrogen) atoms. The minimum Gasteiger partial charge on any atom is -0.477 e. The number of pyridine rings is 2. The van der Waals surface area contributed by atoms with Crippen LogP contribution in [0.25, 0.3) is 0 Å². The molecule has 8 nitrogen and oxygen atoms in total. The van der Waals surface area contributed by atoms with E-state index in [0.29, 0.717) is 24.5 Å². The van der Waals surface area contributed by atoms with Gasteiger partial charge in [-0.1, -0.05) is 6.07 Å². The summed E-state index contributed by atoms with van der Waals surface area (Å²) in [5.41, 5.74) is 5.63. The molecule has 1 fully saturated rings. The third-order valence-corrected chi connectivity index (χ3v) is 3.91. The molecule has 3 heterocycles. The third kappa shape index (κ3) is 3.27. The number of aromatic carboxylic acids is 1. The summed E-state index contributed by atoms with van der Waals surface area (Å²) >= 11 is 0. The quantitative estimate of drug-likeness (QED) is 0.845. The van der Waals surface area contributed by atoms with Gasteiger partial charge in [0.15, 0.2) is 5.69 Å². The molecule has 0 aliphatic carbocycles. The topological polar surface area (TPSA) is 113 Å². The number of aromatic nitrogens is 2. The molecule has 0 unspecified atom stereocenters. The van der Waals surface area contributed by atoms with E-state index in [9.17, 15) is 9.59 Å². The summed E-state index contributed by atoms with van der Waals surface area (Å²) in [7, 11) is 0. The number of carbonyl (C=O) groups excluding carboxylic acids is 1. The highest BCUT2D eigenvalue weighted by molar-refractivity contribution is 5.92. The van der Waals surface area contributed by atoms with Gasteiger partial charge in [0.05, 0.1) is 5.56 Å². The number of anilines is 2. The van der Waals surface area contributed by atoms with E-state index < -0.39 is 11.9 Å². The van der Waals surface area contributed by atoms with Crippen LogP contribution in [0.3, 0.4) is 0 Å². The molecule has 1 aliphatic heterocycles. The molecule has 0 atom stereocenters. The lowest BCUT2D eigenvalue weighted by Gasteiger charge is -2.36. The van der Waals surface area contributed by atoms with Crippen molar-refractivity contribution < 1.29 is 14.7 Å². The van der Waals surface area contributed by atoms with E-state index in [-0.39, 0.29) is 5.69 Å². The number of hydrogen-bond donors (Lipinski definition) is 2. The number of nitrogens with zero attached hydrogens (tertiary/aromatic N) is 4. The molecule has 1 aliphatic rings. The number of carboxylic acids is 1. The van der Waals surface area contributed by atoms with E-state index in [1.54, 1.807) is 18.2 Å². The van der Waals surface area contributed by atoms with Crippen molar-refractivity contribution >= 4 is 23.5 Å². The van der Waals surface area contributed by atoms with Gasteiger partial charge in [-0.2, -0.15) is 0 Å². The predicted octanol–water partition coefficient (Wildman–Crippen LogP) is 0.600. The summed E-state index contributed by atoms with van der Waals surface area (Å²) in [4.78, 5) is 34.7. The molecular formula is C16H17N5O3. The first-order chi connectivity index (χ1) is 11.5. The summed E-state index contributed by atoms with van der Waals surface area (Å²) in [6.45, 7) is 2.86. The van der Waals surface area contributed by atoms with E-state index in [0.717, 1.165) is 18.9 Å². The Labute approximate surface area is 138 Å². The monoisotopic (exact) mass is 327 g/mol. The van der Waals surface area contributed by atoms with Gasteiger partial charge in [-0.25, -0.2) is 14.8 Å². The zero-order chi connectivity index (χ0) is 17.1. The Morgan fingerprint density at radius 3 is 2.21 bits per heavy atom. The van der Waals surface area contributed by atoms with Crippen LogP contribution in [0.2, 0.25) is 0 Å². The van der Waals surface area contributed by atoms with Gasteiger partial charge in [0.1, 0.15) is 11.6 Å². The van der Waals surface area contributed by atoms with E-state index in [4.69, 9.17) is 10.8 Å². The molecule has 0 bridgehead atoms. The number of piperazine rings is 1. The first-order valence-corrected chi connectivity index (χ1v) is 7.51. The van der Waals surface area contributed by atoms with Crippen molar-refractivity contribution in [2.75, 3.05) is 36.0 Å². The maximum Gasteiger partial charge on any atom is 0.354 e. The average Bonchev–Trinajstić information content (AvgIpc) is 2.62. The second-order valence-electron chi connectivity index (χ2n) is 5.43. The van der Waals surface area contributed by atoms with Crippen molar-refractivity contribution in [2.24, 2.45) is 5.73 Å². The van der Waals surface area contributed by atoms with Crippen LogP contribution < -0.4 is 15.5 Å². The molecule has 2 aromatic heterocycles. The Morgan fingerprint density at radius 2 is 1.67 bits per heavy atom. The van der Waals surface area contributed by atoms with Gasteiger partial charge in [-0.3, -0.25) is 4.79 Å². The number of carboxylic acid groups (broad SMARTS) is 1. The lowest BCUT2D eigenvalue weighted by Crippen LogP contribution is -2.47. The summed E-state index contributed by atoms with van der Waals surface area (Å²) in [6.07, 6.45) is 1.47. The van der Waals surface area contributed by atoms with Crippen LogP contribution in [0.15, 0.2) is 36.5 Å². The molecule has 0 saturated carbocycles. The summed E-state index contributed by atoms with van der Waals surface area (Å²) in [6, 6.07) is 8.42. The molecule has 3 N–H and O–H groups in total. The molecule has 0 radical (unpaired) electrons. The molecule has 0 aromatic carbocycles. The molecule has 0 spiro atoms. The molecule has 1 amide bonds. The normalized spacial score (nSPS) is 14.5. The highest BCUT2D eigenvalue weighted by Crippen LogP contribution is 2.18. The van der Waals surface area contributed by atoms with Crippen molar-refractivity contribution in [2.45, 2.75) is 0 Å². The SMILES string of the molecule is NC(=O)c1ccc(N2CCN(c3cccc(C(=O)O)n3)CC2)nc1. The Kier molecular flexibility index (Phi) is 4.28. The Bertz CT molecular complexity index is 755. The molecular weight excluding hydrogens is 310 g/mol. The van der Waals surface area contributed by atoms with Gasteiger partial charge >= 0.3 is 5.97 Å². The van der Waals surface area contributed by atoms with E-state index in [1.165, 1.54) is 12.3 Å². The van der Waals surface area contributed by atoms with Crippen LogP contribution in [-0.2, 0) is 0 Å². The zero-order valence-corrected chi connectivity index (χ0v) is 12.9. The lowest BCUT2D eigenvalue weighted by atomic mass is 10.2. The van der Waals surface area contributed by atoms with E-state index in [1.807, 2.05) is 11.0 Å². The smallest absolute Gasteiger partial charge is 0.354 e. The van der Waals surface area contributed by atoms with E-state index in [2.05, 4.69) is 14.9 Å². The highest BCUT2D eigenvalue weighted by atomic mass is 16.4. The van der Waals surface area contributed by atoms with Crippen molar-refractivity contribution in [3.8, 4) is 0 Å². The number of rotatable bonds is 4. The first kappa shape index (κ1) is 15.7. The van der Waals surface area contributed by atoms with Crippen LogP contribution in [0, 0.1) is 0 Å². The van der Waals surface area contributed by atoms with Gasteiger partial charge in [0.25, 0.3) is 0 Å². The minimum absolute atomic E-state index is 0.0404. The number of amides is 1. The third-order valence-electron chi connectivity index (χ3n) is 3.91. The molecule has 2 aromatic rings. The number of nitrogens with two attached hydrogens (primary N) is 1. The van der Waals surface area contributed by atoms with Crippen LogP contribution in [0.1, 0.15) is 20.8 Å². The fraction of sp³-hybridized carbons (Fsp3) is 0.250. The average molecular weight is 327 g/mol. The largest absolute Gasteiger partial charge is 0.477 e. The Balaban J connectivity index is 1.66. The molecule has 8 heteroatoms. The minimum atomic E-state index is -1.03. The van der Waals surface area contributed by atoms with Crippen LogP contribution >= 0.6 is 0 Å². The predicted molar refractivity (Wildman–Crippen MR) is 88.4 cm³/mol. The van der Waals surface area contributed by atoms with Gasteiger partial charge in [0.2, 0.25) is 5.91 Å². The number of carbonyl (C=O) groups is 2.